The molecule has 0 aromatic carbocycles. The van der Waals surface area contributed by atoms with E-state index in [1.54, 1.807) is 0 Å². The number of Topliss-reactive ketones (excluding diaryl/α,β-unsaturated/α-hetero) is 1. The first-order valence-electron chi connectivity index (χ1n) is 17.4. The van der Waals surface area contributed by atoms with Crippen LogP contribution in [0.4, 0.5) is 9.59 Å². The van der Waals surface area contributed by atoms with E-state index in [-0.39, 0.29) is 12.2 Å². The molecule has 0 aromatic rings. The Morgan fingerprint density at radius 2 is 1.11 bits per heavy atom. The van der Waals surface area contributed by atoms with Crippen LogP contribution in [0.3, 0.4) is 0 Å². The molecule has 4 rings (SSSR count). The summed E-state index contributed by atoms with van der Waals surface area (Å²) in [5.41, 5.74) is -0.820. The molecule has 0 spiro atoms. The van der Waals surface area contributed by atoms with Crippen molar-refractivity contribution in [3.63, 3.8) is 0 Å². The highest BCUT2D eigenvalue weighted by Gasteiger charge is 2.28. The second-order valence-corrected chi connectivity index (χ2v) is 15.3. The van der Waals surface area contributed by atoms with E-state index < -0.39 is 11.2 Å². The quantitative estimate of drug-likeness (QED) is 0.409. The van der Waals surface area contributed by atoms with E-state index >= 15 is 0 Å². The predicted molar refractivity (Wildman–Crippen MR) is 181 cm³/mol. The molecule has 0 aromatic heterocycles. The van der Waals surface area contributed by atoms with Crippen molar-refractivity contribution in [1.82, 2.24) is 30.7 Å². The highest BCUT2D eigenvalue weighted by Crippen LogP contribution is 2.23. The molecule has 45 heavy (non-hydrogen) atoms. The fraction of sp³-hybridized carbons (Fsp3) is 0.912. The molecule has 3 N–H and O–H groups in total. The number of ketones is 1. The molecule has 0 saturated carbocycles. The van der Waals surface area contributed by atoms with Crippen molar-refractivity contribution in [3.8, 4) is 0 Å². The van der Waals surface area contributed by atoms with Gasteiger partial charge in [0.2, 0.25) is 0 Å². The molecule has 2 amide bonds. The molecule has 0 bridgehead atoms. The summed E-state index contributed by atoms with van der Waals surface area (Å²) >= 11 is 0. The van der Waals surface area contributed by atoms with Gasteiger partial charge >= 0.3 is 12.2 Å². The maximum Gasteiger partial charge on any atom is 0.407 e. The number of nitrogens with zero attached hydrogens (tertiary/aromatic N) is 3. The van der Waals surface area contributed by atoms with E-state index in [4.69, 9.17) is 9.47 Å². The molecule has 262 valence electrons. The van der Waals surface area contributed by atoms with Gasteiger partial charge < -0.3 is 40.1 Å². The number of alkyl carbamates (subject to hydrolysis) is 2. The minimum absolute atomic E-state index is 0.287. The van der Waals surface area contributed by atoms with E-state index in [9.17, 15) is 14.4 Å². The Hall–Kier alpha value is -1.95. The van der Waals surface area contributed by atoms with Crippen LogP contribution in [-0.2, 0) is 14.3 Å². The van der Waals surface area contributed by atoms with Gasteiger partial charge in [-0.15, -0.1) is 0 Å². The highest BCUT2D eigenvalue weighted by atomic mass is 16.6. The first kappa shape index (κ1) is 39.2. The predicted octanol–water partition coefficient (Wildman–Crippen LogP) is 4.11. The van der Waals surface area contributed by atoms with Crippen LogP contribution >= 0.6 is 0 Å². The van der Waals surface area contributed by atoms with Crippen LogP contribution in [-0.4, -0.2) is 129 Å². The number of piperidine rings is 4. The van der Waals surface area contributed by atoms with E-state index in [1.165, 1.54) is 51.9 Å². The first-order valence-corrected chi connectivity index (χ1v) is 17.4. The minimum Gasteiger partial charge on any atom is -0.444 e. The third-order valence-electron chi connectivity index (χ3n) is 8.72. The monoisotopic (exact) mass is 639 g/mol. The van der Waals surface area contributed by atoms with Gasteiger partial charge in [0.1, 0.15) is 17.0 Å². The van der Waals surface area contributed by atoms with E-state index in [1.807, 2.05) is 48.6 Å². The zero-order chi connectivity index (χ0) is 33.5. The smallest absolute Gasteiger partial charge is 0.407 e. The number of carbonyl (C=O) groups excluding carboxylic acids is 3. The molecular formula is C34H66N6O5. The Labute approximate surface area is 273 Å². The number of amides is 2. The lowest BCUT2D eigenvalue weighted by molar-refractivity contribution is -0.121. The van der Waals surface area contributed by atoms with E-state index in [2.05, 4.69) is 37.7 Å². The molecule has 4 saturated heterocycles. The van der Waals surface area contributed by atoms with Gasteiger partial charge in [-0.3, -0.25) is 4.79 Å². The molecule has 0 atom stereocenters. The molecule has 11 nitrogen and oxygen atoms in total. The second-order valence-electron chi connectivity index (χ2n) is 15.3. The van der Waals surface area contributed by atoms with Gasteiger partial charge in [-0.25, -0.2) is 9.59 Å². The summed E-state index contributed by atoms with van der Waals surface area (Å²) in [6.45, 7) is 21.6. The lowest BCUT2D eigenvalue weighted by atomic mass is 9.93. The summed E-state index contributed by atoms with van der Waals surface area (Å²) in [5, 5.41) is 9.04. The van der Waals surface area contributed by atoms with Crippen molar-refractivity contribution in [2.24, 2.45) is 11.8 Å². The van der Waals surface area contributed by atoms with Gasteiger partial charge in [0, 0.05) is 45.1 Å². The molecule has 0 radical (unpaired) electrons. The third-order valence-corrected chi connectivity index (χ3v) is 8.72. The summed E-state index contributed by atoms with van der Waals surface area (Å²) in [5.74, 6) is 1.61. The van der Waals surface area contributed by atoms with Gasteiger partial charge in [-0.2, -0.15) is 0 Å². The molecular weight excluding hydrogens is 572 g/mol. The average Bonchev–Trinajstić information content (AvgIpc) is 2.97. The largest absolute Gasteiger partial charge is 0.444 e. The molecule has 4 aliphatic heterocycles. The van der Waals surface area contributed by atoms with Crippen molar-refractivity contribution in [2.45, 2.75) is 110 Å². The first-order chi connectivity index (χ1) is 21.1. The maximum atomic E-state index is 11.7. The molecule has 4 fully saturated rings. The maximum absolute atomic E-state index is 11.7. The zero-order valence-electron chi connectivity index (χ0n) is 29.8. The number of ether oxygens (including phenoxy) is 2. The topological polar surface area (TPSA) is 115 Å². The Morgan fingerprint density at radius 1 is 0.689 bits per heavy atom. The molecule has 11 heteroatoms. The fourth-order valence-electron chi connectivity index (χ4n) is 5.92. The number of hydrogen-bond donors (Lipinski definition) is 3. The zero-order valence-corrected chi connectivity index (χ0v) is 29.8. The molecule has 0 unspecified atom stereocenters. The number of rotatable bonds is 5. The lowest BCUT2D eigenvalue weighted by Crippen LogP contribution is -2.48. The van der Waals surface area contributed by atoms with Crippen molar-refractivity contribution in [1.29, 1.82) is 0 Å². The van der Waals surface area contributed by atoms with Gasteiger partial charge in [0.15, 0.2) is 0 Å². The lowest BCUT2D eigenvalue weighted by Gasteiger charge is -2.41. The Morgan fingerprint density at radius 3 is 1.53 bits per heavy atom. The van der Waals surface area contributed by atoms with Gasteiger partial charge in [0.05, 0.1) is 0 Å². The van der Waals surface area contributed by atoms with Crippen LogP contribution in [0, 0.1) is 11.8 Å². The summed E-state index contributed by atoms with van der Waals surface area (Å²) in [6, 6.07) is 0.774. The van der Waals surface area contributed by atoms with E-state index in [0.717, 1.165) is 71.0 Å². The Kier molecular flexibility index (Phi) is 17.1. The van der Waals surface area contributed by atoms with Crippen LogP contribution < -0.4 is 16.0 Å². The van der Waals surface area contributed by atoms with Crippen LogP contribution in [0.1, 0.15) is 92.9 Å². The van der Waals surface area contributed by atoms with Crippen LogP contribution in [0.5, 0.6) is 0 Å². The number of nitrogens with one attached hydrogen (secondary N) is 3. The van der Waals surface area contributed by atoms with E-state index in [0.29, 0.717) is 17.6 Å². The van der Waals surface area contributed by atoms with Crippen LogP contribution in [0.25, 0.3) is 0 Å². The number of hydrogen-bond acceptors (Lipinski definition) is 9. The molecule has 4 heterocycles. The highest BCUT2D eigenvalue weighted by molar-refractivity contribution is 5.79. The van der Waals surface area contributed by atoms with Gasteiger partial charge in [-0.1, -0.05) is 0 Å². The van der Waals surface area contributed by atoms with Crippen molar-refractivity contribution < 1.29 is 23.9 Å². The fourth-order valence-corrected chi connectivity index (χ4v) is 5.92. The number of likely N-dealkylation sites (tertiary alicyclic amines) is 3. The van der Waals surface area contributed by atoms with Gasteiger partial charge in [-0.05, 0) is 145 Å². The average molecular weight is 639 g/mol. The summed E-state index contributed by atoms with van der Waals surface area (Å²) in [7, 11) is 4.26. The summed E-state index contributed by atoms with van der Waals surface area (Å²) in [6.07, 6.45) is 8.17. The summed E-state index contributed by atoms with van der Waals surface area (Å²) in [4.78, 5) is 40.9. The van der Waals surface area contributed by atoms with Crippen molar-refractivity contribution in [2.75, 3.05) is 79.5 Å². The minimum atomic E-state index is -0.415. The standard InChI is InChI=1S/C17H33N3O2.C11H22N2O2.C6H11NO/c1-17(2,3)22-16(21)18-13-14-5-11-20(12-6-14)15-7-9-19(4)10-8-15;1-11(2,3)15-10(14)13-8-9-4-6-12-7-5-9;1-7-4-2-6(8)3-5-7/h14-15H,5-13H2,1-4H3,(H,18,21);9,12H,4-8H2,1-3H3,(H,13,14);2-5H2,1H3. The van der Waals surface area contributed by atoms with Crippen molar-refractivity contribution in [3.05, 3.63) is 0 Å². The Bertz CT molecular complexity index is 857. The van der Waals surface area contributed by atoms with Crippen molar-refractivity contribution >= 4 is 18.0 Å². The normalized spacial score (nSPS) is 21.9. The molecule has 4 aliphatic rings. The van der Waals surface area contributed by atoms with Gasteiger partial charge in [0.25, 0.3) is 0 Å². The second kappa shape index (κ2) is 19.7. The molecule has 0 aliphatic carbocycles. The third kappa shape index (κ3) is 18.7. The SMILES string of the molecule is CC(C)(C)OC(=O)NCC1CCNCC1.CN1CCC(=O)CC1.CN1CCC(N2CCC(CNC(=O)OC(C)(C)C)CC2)CC1. The van der Waals surface area contributed by atoms with Crippen LogP contribution in [0.15, 0.2) is 0 Å². The van der Waals surface area contributed by atoms with Crippen LogP contribution in [0.2, 0.25) is 0 Å². The number of carbonyl (C=O) groups is 3. The Balaban J connectivity index is 0.000000263. The summed E-state index contributed by atoms with van der Waals surface area (Å²) < 4.78 is 10.5.